The third-order valence-corrected chi connectivity index (χ3v) is 1.13. The van der Waals surface area contributed by atoms with Crippen LogP contribution in [0.25, 0.3) is 0 Å². The number of benzene rings is 1. The smallest absolute Gasteiger partial charge is 0.507 e. The molecule has 0 unspecified atom stereocenters. The van der Waals surface area contributed by atoms with Gasteiger partial charge in [-0.05, 0) is 12.1 Å². The average molecular weight is 385 g/mol. The van der Waals surface area contributed by atoms with Crippen molar-refractivity contribution < 1.29 is 75.3 Å². The summed E-state index contributed by atoms with van der Waals surface area (Å²) in [5.74, 6) is -1.31. The highest BCUT2D eigenvalue weighted by atomic mass is 16.5. The zero-order valence-corrected chi connectivity index (χ0v) is 12.8. The number of hydrogen-bond acceptors (Lipinski definition) is 14. The Morgan fingerprint density at radius 1 is 0.615 bits per heavy atom. The molecule has 0 bridgehead atoms. The van der Waals surface area contributed by atoms with Gasteiger partial charge in [-0.15, -0.1) is 0 Å². The van der Waals surface area contributed by atoms with E-state index in [4.69, 9.17) is 70.5 Å². The molecular formula is C7H18B4O15. The van der Waals surface area contributed by atoms with Gasteiger partial charge in [-0.25, -0.2) is 4.79 Å². The van der Waals surface area contributed by atoms with Gasteiger partial charge in [0.05, 0.1) is 0 Å². The summed E-state index contributed by atoms with van der Waals surface area (Å²) < 4.78 is 0. The standard InChI is InChI=1S/C7H6O3.4BH3O3/c8-6-4-2-1-3-5(6)7(9)10;4*2-1(3)4/h1-4,8H,(H,9,10);4*2-4H. The predicted molar refractivity (Wildman–Crippen MR) is 84.7 cm³/mol. The molecule has 148 valence electrons. The van der Waals surface area contributed by atoms with Crippen LogP contribution < -0.4 is 0 Å². The third-order valence-electron chi connectivity index (χ3n) is 1.13. The van der Waals surface area contributed by atoms with E-state index in [9.17, 15) is 4.79 Å². The van der Waals surface area contributed by atoms with E-state index in [0.29, 0.717) is 0 Å². The fourth-order valence-electron chi connectivity index (χ4n) is 0.654. The number of aromatic hydroxyl groups is 1. The summed E-state index contributed by atoms with van der Waals surface area (Å²) in [5.41, 5.74) is -0.0671. The van der Waals surface area contributed by atoms with Crippen LogP contribution >= 0.6 is 0 Å². The average Bonchev–Trinajstić information content (AvgIpc) is 2.35. The lowest BCUT2D eigenvalue weighted by molar-refractivity contribution is 0.0693. The monoisotopic (exact) mass is 386 g/mol. The van der Waals surface area contributed by atoms with Gasteiger partial charge < -0.3 is 70.5 Å². The highest BCUT2D eigenvalue weighted by Gasteiger charge is 2.05. The first-order valence-electron chi connectivity index (χ1n) is 5.83. The van der Waals surface area contributed by atoms with Gasteiger partial charge in [0.15, 0.2) is 0 Å². The maximum atomic E-state index is 10.3. The van der Waals surface area contributed by atoms with E-state index >= 15 is 0 Å². The molecule has 26 heavy (non-hydrogen) atoms. The molecule has 0 aromatic heterocycles. The van der Waals surface area contributed by atoms with Crippen LogP contribution in [0.1, 0.15) is 10.4 Å². The Hall–Kier alpha value is -1.73. The molecular weight excluding hydrogens is 367 g/mol. The number of rotatable bonds is 1. The Bertz CT molecular complexity index is 395. The Kier molecular flexibility index (Phi) is 26.2. The molecule has 1 rings (SSSR count). The van der Waals surface area contributed by atoms with Gasteiger partial charge in [-0.3, -0.25) is 0 Å². The second kappa shape index (κ2) is 21.3. The number of hydrogen-bond donors (Lipinski definition) is 14. The highest BCUT2D eigenvalue weighted by molar-refractivity contribution is 6.31. The number of aromatic carboxylic acids is 1. The van der Waals surface area contributed by atoms with Crippen LogP contribution in [0, 0.1) is 0 Å². The molecule has 0 aliphatic heterocycles. The minimum Gasteiger partial charge on any atom is -0.507 e. The van der Waals surface area contributed by atoms with Crippen LogP contribution in [0.15, 0.2) is 24.3 Å². The summed E-state index contributed by atoms with van der Waals surface area (Å²) in [5, 5.41) is 103. The lowest BCUT2D eigenvalue weighted by atomic mass is 10.2. The van der Waals surface area contributed by atoms with Crippen LogP contribution in [0.4, 0.5) is 0 Å². The normalized spacial score (nSPS) is 7.69. The van der Waals surface area contributed by atoms with Crippen LogP contribution in [0.5, 0.6) is 5.75 Å². The Balaban J connectivity index is -0.000000129. The van der Waals surface area contributed by atoms with E-state index in [-0.39, 0.29) is 11.3 Å². The van der Waals surface area contributed by atoms with Crippen molar-refractivity contribution in [2.75, 3.05) is 0 Å². The molecule has 0 amide bonds. The summed E-state index contributed by atoms with van der Waals surface area (Å²) in [7, 11) is -8.67. The lowest BCUT2D eigenvalue weighted by Gasteiger charge is -1.95. The Labute approximate surface area is 147 Å². The zero-order valence-electron chi connectivity index (χ0n) is 12.8. The molecule has 15 nitrogen and oxygen atoms in total. The van der Waals surface area contributed by atoms with E-state index < -0.39 is 35.3 Å². The zero-order chi connectivity index (χ0) is 21.9. The third kappa shape index (κ3) is 57.2. The van der Waals surface area contributed by atoms with Gasteiger partial charge >= 0.3 is 35.3 Å². The molecule has 0 spiro atoms. The minimum atomic E-state index is -2.17. The first-order chi connectivity index (χ1) is 11.6. The number of carboxylic acids is 1. The highest BCUT2D eigenvalue weighted by Crippen LogP contribution is 2.14. The minimum absolute atomic E-state index is 0.0671. The van der Waals surface area contributed by atoms with Crippen LogP contribution in [0.3, 0.4) is 0 Å². The molecule has 0 aliphatic rings. The molecule has 0 aliphatic carbocycles. The quantitative estimate of drug-likeness (QED) is 0.200. The van der Waals surface area contributed by atoms with Crippen molar-refractivity contribution in [1.82, 2.24) is 0 Å². The van der Waals surface area contributed by atoms with Gasteiger partial charge in [0.1, 0.15) is 11.3 Å². The van der Waals surface area contributed by atoms with Crippen molar-refractivity contribution in [1.29, 1.82) is 0 Å². The second-order valence-electron chi connectivity index (χ2n) is 3.21. The fourth-order valence-corrected chi connectivity index (χ4v) is 0.654. The SMILES string of the molecule is O=C(O)c1ccccc1O.OB(O)O.OB(O)O.OB(O)O.OB(O)O. The van der Waals surface area contributed by atoms with Gasteiger partial charge in [-0.2, -0.15) is 0 Å². The number of carbonyl (C=O) groups is 1. The number of phenols is 1. The molecule has 0 atom stereocenters. The fraction of sp³-hybridized carbons (Fsp3) is 0. The van der Waals surface area contributed by atoms with Crippen molar-refractivity contribution in [3.63, 3.8) is 0 Å². The van der Waals surface area contributed by atoms with E-state index in [0.717, 1.165) is 0 Å². The number of para-hydroxylation sites is 1. The molecule has 0 radical (unpaired) electrons. The summed E-state index contributed by atoms with van der Waals surface area (Å²) in [6.45, 7) is 0. The van der Waals surface area contributed by atoms with Crippen molar-refractivity contribution in [2.24, 2.45) is 0 Å². The first-order valence-corrected chi connectivity index (χ1v) is 5.83. The van der Waals surface area contributed by atoms with Gasteiger partial charge in [0.2, 0.25) is 0 Å². The molecule has 0 saturated carbocycles. The van der Waals surface area contributed by atoms with Gasteiger partial charge in [0, 0.05) is 0 Å². The van der Waals surface area contributed by atoms with E-state index in [1.807, 2.05) is 0 Å². The molecule has 0 fully saturated rings. The van der Waals surface area contributed by atoms with Crippen molar-refractivity contribution in [2.45, 2.75) is 0 Å². The topological polar surface area (TPSA) is 300 Å². The summed E-state index contributed by atoms with van der Waals surface area (Å²) in [6, 6.07) is 5.81. The molecule has 0 heterocycles. The van der Waals surface area contributed by atoms with E-state index in [2.05, 4.69) is 0 Å². The summed E-state index contributed by atoms with van der Waals surface area (Å²) in [4.78, 5) is 10.3. The van der Waals surface area contributed by atoms with Crippen molar-refractivity contribution in [3.8, 4) is 5.75 Å². The lowest BCUT2D eigenvalue weighted by Crippen LogP contribution is -2.07. The Morgan fingerprint density at radius 3 is 1.00 bits per heavy atom. The summed E-state index contributed by atoms with van der Waals surface area (Å²) in [6.07, 6.45) is 0. The largest absolute Gasteiger partial charge is 0.631 e. The Morgan fingerprint density at radius 2 is 0.846 bits per heavy atom. The predicted octanol–water partition coefficient (Wildman–Crippen LogP) is -7.12. The van der Waals surface area contributed by atoms with Crippen LogP contribution in [0.2, 0.25) is 0 Å². The molecule has 0 saturated heterocycles. The van der Waals surface area contributed by atoms with Crippen molar-refractivity contribution >= 4 is 35.3 Å². The van der Waals surface area contributed by atoms with E-state index in [1.165, 1.54) is 12.1 Å². The second-order valence-corrected chi connectivity index (χ2v) is 3.21. The number of carboxylic acid groups (broad SMARTS) is 1. The molecule has 14 N–H and O–H groups in total. The van der Waals surface area contributed by atoms with E-state index in [1.54, 1.807) is 12.1 Å². The van der Waals surface area contributed by atoms with Gasteiger partial charge in [0.25, 0.3) is 0 Å². The molecule has 1 aromatic rings. The summed E-state index contributed by atoms with van der Waals surface area (Å²) >= 11 is 0. The van der Waals surface area contributed by atoms with Gasteiger partial charge in [-0.1, -0.05) is 12.1 Å². The van der Waals surface area contributed by atoms with Crippen molar-refractivity contribution in [3.05, 3.63) is 29.8 Å². The molecule has 19 heteroatoms. The van der Waals surface area contributed by atoms with Crippen LogP contribution in [-0.4, -0.2) is 106 Å². The maximum absolute atomic E-state index is 10.3. The first kappa shape index (κ1) is 32.0. The molecule has 1 aromatic carbocycles. The maximum Gasteiger partial charge on any atom is 0.631 e. The van der Waals surface area contributed by atoms with Crippen LogP contribution in [-0.2, 0) is 0 Å².